The fourth-order valence-corrected chi connectivity index (χ4v) is 4.92. The summed E-state index contributed by atoms with van der Waals surface area (Å²) < 4.78 is 12.2. The van der Waals surface area contributed by atoms with Crippen LogP contribution in [0, 0.1) is 0 Å². The Morgan fingerprint density at radius 1 is 1.30 bits per heavy atom. The van der Waals surface area contributed by atoms with Gasteiger partial charge < -0.3 is 20.9 Å². The van der Waals surface area contributed by atoms with Crippen LogP contribution in [0.3, 0.4) is 0 Å². The van der Waals surface area contributed by atoms with Crippen molar-refractivity contribution in [1.29, 1.82) is 0 Å². The third kappa shape index (κ3) is 9.30. The predicted molar refractivity (Wildman–Crippen MR) is 137 cm³/mol. The van der Waals surface area contributed by atoms with Gasteiger partial charge in [0.05, 0.1) is 6.54 Å². The van der Waals surface area contributed by atoms with Crippen LogP contribution in [0.2, 0.25) is 0 Å². The third-order valence-electron chi connectivity index (χ3n) is 4.98. The number of hydrogen-bond donors (Lipinski definition) is 3. The van der Waals surface area contributed by atoms with Crippen LogP contribution >= 0.6 is 24.0 Å². The van der Waals surface area contributed by atoms with Gasteiger partial charge in [0.25, 0.3) is 0 Å². The van der Waals surface area contributed by atoms with Gasteiger partial charge in [0.15, 0.2) is 5.96 Å². The van der Waals surface area contributed by atoms with E-state index in [4.69, 9.17) is 0 Å². The van der Waals surface area contributed by atoms with E-state index in [2.05, 4.69) is 20.9 Å². The number of likely N-dealkylation sites (N-methyl/N-ethyl adjacent to an activating group) is 1. The summed E-state index contributed by atoms with van der Waals surface area (Å²) in [4.78, 5) is 18.1. The van der Waals surface area contributed by atoms with Crippen molar-refractivity contribution in [3.63, 3.8) is 0 Å². The number of rotatable bonds is 8. The Labute approximate surface area is 200 Å². The Balaban J connectivity index is 0.00000450. The summed E-state index contributed by atoms with van der Waals surface area (Å²) in [6.07, 6.45) is 4.15. The summed E-state index contributed by atoms with van der Waals surface area (Å²) in [5.74, 6) is 1.44. The summed E-state index contributed by atoms with van der Waals surface area (Å²) in [7, 11) is 4.76. The maximum absolute atomic E-state index is 12.2. The van der Waals surface area contributed by atoms with Crippen LogP contribution in [0.15, 0.2) is 29.3 Å². The number of halogens is 1. The van der Waals surface area contributed by atoms with Gasteiger partial charge in [-0.1, -0.05) is 25.5 Å². The molecule has 3 N–H and O–H groups in total. The molecule has 30 heavy (non-hydrogen) atoms. The van der Waals surface area contributed by atoms with Crippen molar-refractivity contribution in [2.45, 2.75) is 50.4 Å². The van der Waals surface area contributed by atoms with Gasteiger partial charge in [-0.2, -0.15) is 0 Å². The quantitative estimate of drug-likeness (QED) is 0.264. The first-order chi connectivity index (χ1) is 13.9. The first-order valence-electron chi connectivity index (χ1n) is 10.3. The standard InChI is InChI=1S/C21H35N5O2S.HI/c1-5-29(28)19-11-7-10-18(13-19)25-21(22-2)23-14-16-8-6-9-17(12-16)24-20(27)15-26(3)4;/h6,8-9,12,18-19H,5,7,10-11,13-15H2,1-4H3,(H,24,27)(H2,22,23,25);1H. The highest BCUT2D eigenvalue weighted by atomic mass is 127. The van der Waals surface area contributed by atoms with Gasteiger partial charge >= 0.3 is 0 Å². The molecule has 0 aliphatic heterocycles. The van der Waals surface area contributed by atoms with Gasteiger partial charge in [-0.05, 0) is 51.1 Å². The second-order valence-electron chi connectivity index (χ2n) is 7.71. The van der Waals surface area contributed by atoms with E-state index >= 15 is 0 Å². The van der Waals surface area contributed by atoms with E-state index in [-0.39, 0.29) is 35.1 Å². The normalized spacial score (nSPS) is 20.2. The third-order valence-corrected chi connectivity index (χ3v) is 6.72. The molecule has 1 amide bonds. The Hall–Kier alpha value is -1.20. The van der Waals surface area contributed by atoms with E-state index in [0.717, 1.165) is 48.6 Å². The molecular formula is C21H36IN5O2S. The molecule has 9 heteroatoms. The summed E-state index contributed by atoms with van der Waals surface area (Å²) in [5, 5.41) is 10.0. The van der Waals surface area contributed by atoms with Crippen LogP contribution in [-0.4, -0.2) is 65.7 Å². The van der Waals surface area contributed by atoms with Crippen LogP contribution in [0.4, 0.5) is 5.69 Å². The number of nitrogens with one attached hydrogen (secondary N) is 3. The highest BCUT2D eigenvalue weighted by Gasteiger charge is 2.26. The number of carbonyl (C=O) groups is 1. The molecule has 1 aliphatic rings. The number of carbonyl (C=O) groups excluding carboxylic acids is 1. The number of amides is 1. The molecule has 7 nitrogen and oxygen atoms in total. The average molecular weight is 550 g/mol. The second-order valence-corrected chi connectivity index (χ2v) is 9.72. The maximum atomic E-state index is 12.2. The number of nitrogens with zero attached hydrogens (tertiary/aromatic N) is 2. The zero-order valence-electron chi connectivity index (χ0n) is 18.4. The monoisotopic (exact) mass is 549 g/mol. The molecule has 1 fully saturated rings. The summed E-state index contributed by atoms with van der Waals surface area (Å²) in [6.45, 7) is 2.95. The lowest BCUT2D eigenvalue weighted by Gasteiger charge is -2.30. The molecular weight excluding hydrogens is 513 g/mol. The first-order valence-corrected chi connectivity index (χ1v) is 11.7. The number of anilines is 1. The number of hydrogen-bond acceptors (Lipinski definition) is 4. The van der Waals surface area contributed by atoms with Crippen molar-refractivity contribution >= 4 is 52.3 Å². The predicted octanol–water partition coefficient (Wildman–Crippen LogP) is 2.55. The Bertz CT molecular complexity index is 729. The zero-order valence-corrected chi connectivity index (χ0v) is 21.6. The minimum Gasteiger partial charge on any atom is -0.354 e. The maximum Gasteiger partial charge on any atom is 0.238 e. The van der Waals surface area contributed by atoms with Crippen LogP contribution in [0.1, 0.15) is 38.2 Å². The molecule has 0 bridgehead atoms. The molecule has 1 aromatic rings. The van der Waals surface area contributed by atoms with E-state index in [9.17, 15) is 9.00 Å². The highest BCUT2D eigenvalue weighted by Crippen LogP contribution is 2.23. The van der Waals surface area contributed by atoms with Crippen molar-refractivity contribution in [3.8, 4) is 0 Å². The Morgan fingerprint density at radius 2 is 2.07 bits per heavy atom. The SMILES string of the molecule is CCS(=O)C1CCCC(NC(=NC)NCc2cccc(NC(=O)CN(C)C)c2)C1.I. The molecule has 0 aromatic heterocycles. The van der Waals surface area contributed by atoms with E-state index in [1.54, 1.807) is 7.05 Å². The molecule has 1 saturated carbocycles. The molecule has 170 valence electrons. The van der Waals surface area contributed by atoms with Gasteiger partial charge in [-0.3, -0.25) is 14.0 Å². The molecule has 1 aliphatic carbocycles. The number of guanidine groups is 1. The lowest BCUT2D eigenvalue weighted by atomic mass is 9.95. The molecule has 0 radical (unpaired) electrons. The highest BCUT2D eigenvalue weighted by molar-refractivity contribution is 14.0. The van der Waals surface area contributed by atoms with Crippen molar-refractivity contribution in [2.75, 3.05) is 38.8 Å². The minimum absolute atomic E-state index is 0. The van der Waals surface area contributed by atoms with Crippen LogP contribution in [-0.2, 0) is 22.1 Å². The zero-order chi connectivity index (χ0) is 21.2. The summed E-state index contributed by atoms with van der Waals surface area (Å²) in [5.41, 5.74) is 1.85. The average Bonchev–Trinajstić information content (AvgIpc) is 2.70. The molecule has 1 aromatic carbocycles. The fraction of sp³-hybridized carbons (Fsp3) is 0.619. The fourth-order valence-electron chi connectivity index (χ4n) is 3.57. The topological polar surface area (TPSA) is 85.8 Å². The largest absolute Gasteiger partial charge is 0.354 e. The minimum atomic E-state index is -0.734. The molecule has 0 saturated heterocycles. The van der Waals surface area contributed by atoms with Gasteiger partial charge in [0.1, 0.15) is 0 Å². The van der Waals surface area contributed by atoms with Crippen LogP contribution in [0.25, 0.3) is 0 Å². The summed E-state index contributed by atoms with van der Waals surface area (Å²) in [6, 6.07) is 8.11. The molecule has 2 rings (SSSR count). The second kappa shape index (κ2) is 14.0. The van der Waals surface area contributed by atoms with Gasteiger partial charge in [-0.15, -0.1) is 24.0 Å². The van der Waals surface area contributed by atoms with Crippen molar-refractivity contribution < 1.29 is 9.00 Å². The van der Waals surface area contributed by atoms with Crippen molar-refractivity contribution in [3.05, 3.63) is 29.8 Å². The van der Waals surface area contributed by atoms with Crippen LogP contribution < -0.4 is 16.0 Å². The molecule has 0 spiro atoms. The number of benzene rings is 1. The van der Waals surface area contributed by atoms with Gasteiger partial charge in [0.2, 0.25) is 5.91 Å². The van der Waals surface area contributed by atoms with Gasteiger partial charge in [-0.25, -0.2) is 0 Å². The van der Waals surface area contributed by atoms with E-state index in [1.807, 2.05) is 50.2 Å². The molecule has 3 atom stereocenters. The smallest absolute Gasteiger partial charge is 0.238 e. The Morgan fingerprint density at radius 3 is 2.73 bits per heavy atom. The summed E-state index contributed by atoms with van der Waals surface area (Å²) >= 11 is 0. The first kappa shape index (κ1) is 26.8. The Kier molecular flexibility index (Phi) is 12.5. The van der Waals surface area contributed by atoms with Gasteiger partial charge in [0, 0.05) is 47.1 Å². The van der Waals surface area contributed by atoms with Crippen molar-refractivity contribution in [1.82, 2.24) is 15.5 Å². The van der Waals surface area contributed by atoms with Crippen LogP contribution in [0.5, 0.6) is 0 Å². The lowest BCUT2D eigenvalue weighted by molar-refractivity contribution is -0.116. The van der Waals surface area contributed by atoms with E-state index in [0.29, 0.717) is 19.1 Å². The molecule has 3 unspecified atom stereocenters. The lowest BCUT2D eigenvalue weighted by Crippen LogP contribution is -2.46. The van der Waals surface area contributed by atoms with E-state index in [1.165, 1.54) is 0 Å². The molecule has 0 heterocycles. The number of aliphatic imine (C=N–C) groups is 1. The van der Waals surface area contributed by atoms with Crippen molar-refractivity contribution in [2.24, 2.45) is 4.99 Å². The van der Waals surface area contributed by atoms with E-state index < -0.39 is 10.8 Å².